The molecule has 3 atom stereocenters. The van der Waals surface area contributed by atoms with Crippen molar-refractivity contribution >= 4 is 30.7 Å². The molecule has 0 saturated carbocycles. The zero-order chi connectivity index (χ0) is 15.3. The molecule has 1 fully saturated rings. The van der Waals surface area contributed by atoms with Gasteiger partial charge in [-0.1, -0.05) is 13.8 Å². The average Bonchev–Trinajstić information content (AvgIpc) is 2.34. The van der Waals surface area contributed by atoms with Crippen molar-refractivity contribution in [1.29, 1.82) is 0 Å². The van der Waals surface area contributed by atoms with Gasteiger partial charge in [-0.25, -0.2) is 0 Å². The minimum atomic E-state index is -0.0503. The number of likely N-dealkylation sites (N-methyl/N-ethyl adjacent to an activating group) is 2. The fraction of sp³-hybridized carbons (Fsp3) is 0.933. The van der Waals surface area contributed by atoms with Crippen LogP contribution < -0.4 is 5.32 Å². The summed E-state index contributed by atoms with van der Waals surface area (Å²) in [5.41, 5.74) is 0. The van der Waals surface area contributed by atoms with Gasteiger partial charge >= 0.3 is 0 Å². The SMILES string of the molecule is CNCCN(C)C(=O)C(C(C)C)N1CC(C)OC(C)C1.Cl.Cl. The number of amides is 1. The number of halogens is 2. The highest BCUT2D eigenvalue weighted by Crippen LogP contribution is 2.19. The van der Waals surface area contributed by atoms with Crippen molar-refractivity contribution in [3.05, 3.63) is 0 Å². The first-order valence-electron chi connectivity index (χ1n) is 7.65. The number of carbonyl (C=O) groups is 1. The zero-order valence-corrected chi connectivity index (χ0v) is 16.3. The Morgan fingerprint density at radius 3 is 2.18 bits per heavy atom. The highest BCUT2D eigenvalue weighted by atomic mass is 35.5. The zero-order valence-electron chi connectivity index (χ0n) is 14.7. The fourth-order valence-electron chi connectivity index (χ4n) is 2.92. The number of hydrogen-bond donors (Lipinski definition) is 1. The van der Waals surface area contributed by atoms with E-state index in [1.807, 2.05) is 19.0 Å². The normalized spacial score (nSPS) is 23.4. The van der Waals surface area contributed by atoms with Gasteiger partial charge in [0.1, 0.15) is 0 Å². The molecule has 1 heterocycles. The van der Waals surface area contributed by atoms with Gasteiger partial charge in [0.2, 0.25) is 5.91 Å². The predicted molar refractivity (Wildman–Crippen MR) is 96.3 cm³/mol. The summed E-state index contributed by atoms with van der Waals surface area (Å²) in [4.78, 5) is 16.9. The number of hydrogen-bond acceptors (Lipinski definition) is 4. The highest BCUT2D eigenvalue weighted by Gasteiger charge is 2.35. The maximum atomic E-state index is 12.7. The molecule has 1 aliphatic heterocycles. The number of nitrogens with zero attached hydrogens (tertiary/aromatic N) is 2. The maximum absolute atomic E-state index is 12.7. The third-order valence-corrected chi connectivity index (χ3v) is 3.80. The Hall–Kier alpha value is -0.0700. The Balaban J connectivity index is 0. The molecule has 1 rings (SSSR count). The molecule has 0 spiro atoms. The van der Waals surface area contributed by atoms with E-state index in [1.165, 1.54) is 0 Å². The summed E-state index contributed by atoms with van der Waals surface area (Å²) in [5.74, 6) is 0.522. The van der Waals surface area contributed by atoms with Crippen molar-refractivity contribution in [3.63, 3.8) is 0 Å². The molecule has 7 heteroatoms. The Morgan fingerprint density at radius 2 is 1.77 bits per heavy atom. The molecule has 1 aliphatic rings. The van der Waals surface area contributed by atoms with E-state index in [0.29, 0.717) is 5.92 Å². The third-order valence-electron chi connectivity index (χ3n) is 3.80. The lowest BCUT2D eigenvalue weighted by molar-refractivity contribution is -0.144. The quantitative estimate of drug-likeness (QED) is 0.784. The summed E-state index contributed by atoms with van der Waals surface area (Å²) >= 11 is 0. The number of carbonyl (C=O) groups excluding carboxylic acids is 1. The van der Waals surface area contributed by atoms with Crippen molar-refractivity contribution < 1.29 is 9.53 Å². The van der Waals surface area contributed by atoms with Crippen LogP contribution in [0.4, 0.5) is 0 Å². The van der Waals surface area contributed by atoms with Gasteiger partial charge < -0.3 is 15.0 Å². The monoisotopic (exact) mass is 357 g/mol. The lowest BCUT2D eigenvalue weighted by Gasteiger charge is -2.42. The van der Waals surface area contributed by atoms with Gasteiger partial charge in [-0.05, 0) is 26.8 Å². The molecule has 0 aromatic heterocycles. The second-order valence-corrected chi connectivity index (χ2v) is 6.26. The van der Waals surface area contributed by atoms with E-state index in [2.05, 4.69) is 37.9 Å². The van der Waals surface area contributed by atoms with Gasteiger partial charge in [-0.15, -0.1) is 24.8 Å². The highest BCUT2D eigenvalue weighted by molar-refractivity contribution is 5.85. The Bertz CT molecular complexity index is 309. The van der Waals surface area contributed by atoms with E-state index in [-0.39, 0.29) is 49.0 Å². The van der Waals surface area contributed by atoms with Crippen LogP contribution in [0.15, 0.2) is 0 Å². The average molecular weight is 358 g/mol. The number of ether oxygens (including phenoxy) is 1. The molecule has 0 bridgehead atoms. The van der Waals surface area contributed by atoms with E-state index in [4.69, 9.17) is 4.74 Å². The molecule has 1 saturated heterocycles. The molecule has 0 aromatic rings. The Labute approximate surface area is 147 Å². The van der Waals surface area contributed by atoms with Crippen molar-refractivity contribution in [2.24, 2.45) is 5.92 Å². The molecule has 1 N–H and O–H groups in total. The molecule has 0 radical (unpaired) electrons. The number of nitrogens with one attached hydrogen (secondary N) is 1. The van der Waals surface area contributed by atoms with Crippen molar-refractivity contribution in [2.45, 2.75) is 45.9 Å². The molecule has 5 nitrogen and oxygen atoms in total. The third kappa shape index (κ3) is 7.01. The van der Waals surface area contributed by atoms with E-state index < -0.39 is 0 Å². The molecule has 22 heavy (non-hydrogen) atoms. The second-order valence-electron chi connectivity index (χ2n) is 6.26. The predicted octanol–water partition coefficient (Wildman–Crippen LogP) is 1.64. The minimum absolute atomic E-state index is 0. The van der Waals surface area contributed by atoms with Gasteiger partial charge in [0, 0.05) is 33.2 Å². The van der Waals surface area contributed by atoms with Crippen molar-refractivity contribution in [2.75, 3.05) is 40.3 Å². The standard InChI is InChI=1S/C15H31N3O2.2ClH/c1-11(2)14(15(19)17(6)8-7-16-5)18-9-12(3)20-13(4)10-18;;/h11-14,16H,7-10H2,1-6H3;2*1H. The van der Waals surface area contributed by atoms with E-state index >= 15 is 0 Å². The first-order chi connectivity index (χ1) is 9.36. The van der Waals surface area contributed by atoms with Gasteiger partial charge in [0.25, 0.3) is 0 Å². The van der Waals surface area contributed by atoms with E-state index in [0.717, 1.165) is 26.2 Å². The van der Waals surface area contributed by atoms with Crippen molar-refractivity contribution in [3.8, 4) is 0 Å². The number of morpholine rings is 1. The summed E-state index contributed by atoms with van der Waals surface area (Å²) < 4.78 is 5.77. The van der Waals surface area contributed by atoms with E-state index in [1.54, 1.807) is 0 Å². The number of rotatable bonds is 6. The van der Waals surface area contributed by atoms with Gasteiger partial charge in [-0.3, -0.25) is 9.69 Å². The van der Waals surface area contributed by atoms with Crippen LogP contribution in [0, 0.1) is 5.92 Å². The van der Waals surface area contributed by atoms with Crippen LogP contribution in [0.3, 0.4) is 0 Å². The van der Waals surface area contributed by atoms with Crippen LogP contribution in [0.5, 0.6) is 0 Å². The largest absolute Gasteiger partial charge is 0.373 e. The van der Waals surface area contributed by atoms with Crippen LogP contribution in [0.1, 0.15) is 27.7 Å². The summed E-state index contributed by atoms with van der Waals surface area (Å²) in [6, 6.07) is -0.0503. The fourth-order valence-corrected chi connectivity index (χ4v) is 2.92. The van der Waals surface area contributed by atoms with Crippen molar-refractivity contribution in [1.82, 2.24) is 15.1 Å². The summed E-state index contributed by atoms with van der Waals surface area (Å²) in [5, 5.41) is 3.09. The van der Waals surface area contributed by atoms with Gasteiger partial charge in [-0.2, -0.15) is 0 Å². The van der Waals surface area contributed by atoms with Crippen LogP contribution in [0.2, 0.25) is 0 Å². The Morgan fingerprint density at radius 1 is 1.27 bits per heavy atom. The summed E-state index contributed by atoms with van der Waals surface area (Å²) in [6.07, 6.45) is 0.380. The molecular formula is C15H33Cl2N3O2. The minimum Gasteiger partial charge on any atom is -0.373 e. The van der Waals surface area contributed by atoms with Crippen LogP contribution in [-0.2, 0) is 9.53 Å². The van der Waals surface area contributed by atoms with Gasteiger partial charge in [0.05, 0.1) is 18.2 Å². The van der Waals surface area contributed by atoms with Gasteiger partial charge in [0.15, 0.2) is 0 Å². The molecule has 134 valence electrons. The smallest absolute Gasteiger partial charge is 0.239 e. The Kier molecular flexibility index (Phi) is 12.6. The topological polar surface area (TPSA) is 44.8 Å². The maximum Gasteiger partial charge on any atom is 0.239 e. The lowest BCUT2D eigenvalue weighted by atomic mass is 9.99. The molecular weight excluding hydrogens is 325 g/mol. The van der Waals surface area contributed by atoms with Crippen LogP contribution in [0.25, 0.3) is 0 Å². The van der Waals surface area contributed by atoms with Crippen LogP contribution >= 0.6 is 24.8 Å². The molecule has 3 unspecified atom stereocenters. The van der Waals surface area contributed by atoms with Crippen LogP contribution in [-0.4, -0.2) is 74.2 Å². The first kappa shape index (κ1) is 24.2. The molecule has 0 aromatic carbocycles. The lowest BCUT2D eigenvalue weighted by Crippen LogP contribution is -2.57. The molecule has 0 aliphatic carbocycles. The van der Waals surface area contributed by atoms with E-state index in [9.17, 15) is 4.79 Å². The summed E-state index contributed by atoms with van der Waals surface area (Å²) in [7, 11) is 3.80. The summed E-state index contributed by atoms with van der Waals surface area (Å²) in [6.45, 7) is 11.6. The first-order valence-corrected chi connectivity index (χ1v) is 7.65. The molecule has 1 amide bonds. The second kappa shape index (κ2) is 11.5.